The third kappa shape index (κ3) is 7.87. The van der Waals surface area contributed by atoms with Gasteiger partial charge in [-0.1, -0.05) is 52.0 Å². The second kappa shape index (κ2) is 15.4. The van der Waals surface area contributed by atoms with Crippen LogP contribution in [0.1, 0.15) is 70.7 Å². The maximum absolute atomic E-state index is 14.8. The summed E-state index contributed by atoms with van der Waals surface area (Å²) >= 11 is 0. The molecule has 0 bridgehead atoms. The number of methoxy groups -OCH3 is 2. The molecule has 0 saturated carbocycles. The van der Waals surface area contributed by atoms with E-state index in [9.17, 15) is 28.0 Å². The van der Waals surface area contributed by atoms with Gasteiger partial charge in [0.15, 0.2) is 0 Å². The van der Waals surface area contributed by atoms with Gasteiger partial charge in [0.2, 0.25) is 11.8 Å². The number of alkyl halides is 2. The number of likely N-dealkylation sites (tertiary alicyclic amines) is 2. The molecule has 4 atom stereocenters. The highest BCUT2D eigenvalue weighted by Crippen LogP contribution is 2.41. The van der Waals surface area contributed by atoms with Crippen LogP contribution in [0, 0.1) is 11.8 Å². The fourth-order valence-electron chi connectivity index (χ4n) is 7.25. The van der Waals surface area contributed by atoms with E-state index in [2.05, 4.69) is 35.3 Å². The molecule has 0 unspecified atom stereocenters. The van der Waals surface area contributed by atoms with Crippen molar-refractivity contribution in [2.75, 3.05) is 27.3 Å². The number of nitrogens with one attached hydrogen (secondary N) is 4. The molecule has 54 heavy (non-hydrogen) atoms. The topological polar surface area (TPSA) is 175 Å². The molecule has 2 aromatic carbocycles. The van der Waals surface area contributed by atoms with E-state index < -0.39 is 55.1 Å². The maximum Gasteiger partial charge on any atom is 0.407 e. The molecule has 6 rings (SSSR count). The number of halogens is 2. The van der Waals surface area contributed by atoms with Crippen molar-refractivity contribution in [3.63, 3.8) is 0 Å². The van der Waals surface area contributed by atoms with Crippen LogP contribution in [0.3, 0.4) is 0 Å². The monoisotopic (exact) mass is 748 g/mol. The predicted molar refractivity (Wildman–Crippen MR) is 195 cm³/mol. The zero-order valence-corrected chi connectivity index (χ0v) is 31.1. The van der Waals surface area contributed by atoms with Crippen LogP contribution in [0.25, 0.3) is 33.3 Å². The molecule has 4 aromatic rings. The Kier molecular flexibility index (Phi) is 10.9. The number of carbonyl (C=O) groups is 4. The Balaban J connectivity index is 1.19. The van der Waals surface area contributed by atoms with Gasteiger partial charge >= 0.3 is 12.2 Å². The van der Waals surface area contributed by atoms with Crippen molar-refractivity contribution in [1.82, 2.24) is 40.4 Å². The van der Waals surface area contributed by atoms with E-state index in [4.69, 9.17) is 4.74 Å². The van der Waals surface area contributed by atoms with Crippen LogP contribution in [0.4, 0.5) is 18.4 Å². The van der Waals surface area contributed by atoms with Gasteiger partial charge in [-0.2, -0.15) is 0 Å². The van der Waals surface area contributed by atoms with E-state index in [1.54, 1.807) is 31.1 Å². The smallest absolute Gasteiger partial charge is 0.407 e. The predicted octanol–water partition coefficient (Wildman–Crippen LogP) is 5.95. The summed E-state index contributed by atoms with van der Waals surface area (Å²) in [5.74, 6) is -3.57. The average molecular weight is 749 g/mol. The number of nitrogens with zero attached hydrogens (tertiary/aromatic N) is 4. The first kappa shape index (κ1) is 38.2. The van der Waals surface area contributed by atoms with Crippen molar-refractivity contribution < 1.29 is 37.4 Å². The first-order valence-electron chi connectivity index (χ1n) is 18.0. The number of fused-ring (bicyclic) bond motifs is 1. The molecule has 0 spiro atoms. The van der Waals surface area contributed by atoms with Crippen molar-refractivity contribution in [3.8, 4) is 22.5 Å². The maximum atomic E-state index is 14.8. The molecule has 2 aromatic heterocycles. The Labute approximate surface area is 311 Å². The first-order valence-corrected chi connectivity index (χ1v) is 18.0. The zero-order valence-electron chi connectivity index (χ0n) is 31.1. The SMILES string of the molecule is COC(=O)N[C@H](C(=O)N1CCC[C@H]1c1ncc(-c2ccc3cc(-c4cnc([C@@H]5CC(F)(F)CN5C(=O)[C@@H](NC(=O)OC)C(C)C)[nH]4)ccc3c2)[nH]1)C(C)C. The van der Waals surface area contributed by atoms with E-state index in [0.29, 0.717) is 18.1 Å². The Morgan fingerprint density at radius 2 is 1.26 bits per heavy atom. The molecule has 2 saturated heterocycles. The van der Waals surface area contributed by atoms with Crippen molar-refractivity contribution in [2.45, 2.75) is 77.0 Å². The van der Waals surface area contributed by atoms with Crippen LogP contribution < -0.4 is 10.6 Å². The molecule has 4 heterocycles. The highest BCUT2D eigenvalue weighted by Gasteiger charge is 2.50. The van der Waals surface area contributed by atoms with Gasteiger partial charge in [0.05, 0.1) is 56.6 Å². The van der Waals surface area contributed by atoms with Crippen LogP contribution in [-0.2, 0) is 19.1 Å². The van der Waals surface area contributed by atoms with E-state index in [1.165, 1.54) is 14.2 Å². The number of benzene rings is 2. The lowest BCUT2D eigenvalue weighted by Gasteiger charge is -2.30. The molecule has 14 nitrogen and oxygen atoms in total. The summed E-state index contributed by atoms with van der Waals surface area (Å²) in [5.41, 5.74) is 3.06. The third-order valence-corrected chi connectivity index (χ3v) is 10.2. The summed E-state index contributed by atoms with van der Waals surface area (Å²) in [7, 11) is 2.44. The largest absolute Gasteiger partial charge is 0.453 e. The molecule has 2 aliphatic heterocycles. The molecule has 2 fully saturated rings. The van der Waals surface area contributed by atoms with Crippen molar-refractivity contribution in [2.24, 2.45) is 11.8 Å². The number of aromatic amines is 2. The number of amides is 4. The Bertz CT molecular complexity index is 2030. The highest BCUT2D eigenvalue weighted by atomic mass is 19.3. The van der Waals surface area contributed by atoms with Crippen LogP contribution >= 0.6 is 0 Å². The average Bonchev–Trinajstić information content (AvgIpc) is 3.97. The van der Waals surface area contributed by atoms with Gasteiger partial charge in [0, 0.05) is 24.1 Å². The zero-order chi connectivity index (χ0) is 38.9. The quantitative estimate of drug-likeness (QED) is 0.154. The fraction of sp³-hybridized carbons (Fsp3) is 0.474. The van der Waals surface area contributed by atoms with Crippen molar-refractivity contribution in [3.05, 3.63) is 60.4 Å². The van der Waals surface area contributed by atoms with Crippen LogP contribution in [-0.4, -0.2) is 99.1 Å². The molecule has 288 valence electrons. The standard InChI is InChI=1S/C38H46F2N8O6/c1-20(2)30(45-36(51)53-5)34(49)47-13-7-8-28(47)32-41-17-26(43-32)24-11-9-23-15-25(12-10-22(23)14-24)27-18-42-33(44-27)29-16-38(39,40)19-48(29)35(50)31(21(3)4)46-37(52)54-6/h9-12,14-15,17-18,20-21,28-31H,7-8,13,16,19H2,1-6H3,(H,41,43)(H,42,44)(H,45,51)(H,46,52)/t28-,29-,30-,31-/m0/s1. The Morgan fingerprint density at radius 1 is 0.778 bits per heavy atom. The van der Waals surface area contributed by atoms with E-state index in [0.717, 1.165) is 45.3 Å². The number of rotatable bonds is 10. The van der Waals surface area contributed by atoms with Gasteiger partial charge in [-0.05, 0) is 47.6 Å². The van der Waals surface area contributed by atoms with E-state index in [1.807, 2.05) is 50.2 Å². The summed E-state index contributed by atoms with van der Waals surface area (Å²) in [4.78, 5) is 69.4. The van der Waals surface area contributed by atoms with Crippen molar-refractivity contribution >= 4 is 34.8 Å². The molecule has 16 heteroatoms. The summed E-state index contributed by atoms with van der Waals surface area (Å²) in [6.07, 6.45) is 2.78. The molecule has 0 aliphatic carbocycles. The molecule has 4 N–H and O–H groups in total. The Morgan fingerprint density at radius 3 is 1.74 bits per heavy atom. The third-order valence-electron chi connectivity index (χ3n) is 10.2. The van der Waals surface area contributed by atoms with Gasteiger partial charge in [0.1, 0.15) is 23.7 Å². The molecule has 4 amide bonds. The van der Waals surface area contributed by atoms with Gasteiger partial charge in [-0.25, -0.2) is 28.3 Å². The number of alkyl carbamates (subject to hydrolysis) is 2. The summed E-state index contributed by atoms with van der Waals surface area (Å²) < 4.78 is 39.0. The number of ether oxygens (including phenoxy) is 2. The fourth-order valence-corrected chi connectivity index (χ4v) is 7.25. The van der Waals surface area contributed by atoms with Crippen LogP contribution in [0.2, 0.25) is 0 Å². The lowest BCUT2D eigenvalue weighted by atomic mass is 10.0. The number of H-pyrrole nitrogens is 2. The molecular formula is C38H46F2N8O6. The number of carbonyl (C=O) groups excluding carboxylic acids is 4. The summed E-state index contributed by atoms with van der Waals surface area (Å²) in [6, 6.07) is 8.72. The lowest BCUT2D eigenvalue weighted by Crippen LogP contribution is -2.51. The Hall–Kier alpha value is -5.54. The lowest BCUT2D eigenvalue weighted by molar-refractivity contribution is -0.137. The molecular weight excluding hydrogens is 702 g/mol. The highest BCUT2D eigenvalue weighted by molar-refractivity contribution is 5.90. The number of hydrogen-bond donors (Lipinski definition) is 4. The number of imidazole rings is 2. The summed E-state index contributed by atoms with van der Waals surface area (Å²) in [6.45, 7) is 6.94. The normalized spacial score (nSPS) is 19.3. The minimum Gasteiger partial charge on any atom is -0.453 e. The van der Waals surface area contributed by atoms with Gasteiger partial charge in [-0.3, -0.25) is 9.59 Å². The van der Waals surface area contributed by atoms with E-state index >= 15 is 0 Å². The van der Waals surface area contributed by atoms with Gasteiger partial charge in [-0.15, -0.1) is 0 Å². The van der Waals surface area contributed by atoms with Crippen LogP contribution in [0.15, 0.2) is 48.8 Å². The minimum absolute atomic E-state index is 0.138. The van der Waals surface area contributed by atoms with E-state index in [-0.39, 0.29) is 29.6 Å². The van der Waals surface area contributed by atoms with Crippen molar-refractivity contribution in [1.29, 1.82) is 0 Å². The minimum atomic E-state index is -3.13. The second-order valence-corrected chi connectivity index (χ2v) is 14.6. The summed E-state index contributed by atoms with van der Waals surface area (Å²) in [5, 5.41) is 7.02. The van der Waals surface area contributed by atoms with Crippen LogP contribution in [0.5, 0.6) is 0 Å². The van der Waals surface area contributed by atoms with Gasteiger partial charge in [0.25, 0.3) is 5.92 Å². The molecule has 2 aliphatic rings. The molecule has 0 radical (unpaired) electrons. The first-order chi connectivity index (χ1) is 25.7. The van der Waals surface area contributed by atoms with Gasteiger partial charge < -0.3 is 39.9 Å². The number of hydrogen-bond acceptors (Lipinski definition) is 8. The number of aromatic nitrogens is 4. The second-order valence-electron chi connectivity index (χ2n) is 14.6.